The Morgan fingerprint density at radius 3 is 2.93 bits per heavy atom. The number of aromatic nitrogens is 5. The molecule has 0 spiro atoms. The molecule has 2 rings (SSSR count). The van der Waals surface area contributed by atoms with Gasteiger partial charge in [0.05, 0.1) is 7.11 Å². The lowest BCUT2D eigenvalue weighted by atomic mass is 10.4. The van der Waals surface area contributed by atoms with Crippen molar-refractivity contribution in [3.05, 3.63) is 22.5 Å². The number of nitrogens with zero attached hydrogens (tertiary/aromatic N) is 5. The van der Waals surface area contributed by atoms with Crippen molar-refractivity contribution in [1.82, 2.24) is 24.4 Å². The molecule has 2 heterocycles. The zero-order valence-electron chi connectivity index (χ0n) is 8.04. The summed E-state index contributed by atoms with van der Waals surface area (Å²) in [4.78, 5) is 26.4. The Morgan fingerprint density at radius 2 is 2.27 bits per heavy atom. The molecule has 0 saturated carbocycles. The Kier molecular flexibility index (Phi) is 1.96. The van der Waals surface area contributed by atoms with Crippen LogP contribution in [-0.4, -0.2) is 37.5 Å². The molecular formula is C7H7N5O3. The van der Waals surface area contributed by atoms with Crippen molar-refractivity contribution >= 4 is 11.6 Å². The minimum Gasteiger partial charge on any atom is -0.464 e. The Labute approximate surface area is 83.1 Å². The highest BCUT2D eigenvalue weighted by atomic mass is 16.5. The maximum Gasteiger partial charge on any atom is 0.360 e. The van der Waals surface area contributed by atoms with Crippen molar-refractivity contribution in [3.63, 3.8) is 0 Å². The summed E-state index contributed by atoms with van der Waals surface area (Å²) >= 11 is 0. The summed E-state index contributed by atoms with van der Waals surface area (Å²) in [7, 11) is 2.68. The smallest absolute Gasteiger partial charge is 0.360 e. The fourth-order valence-electron chi connectivity index (χ4n) is 1.12. The summed E-state index contributed by atoms with van der Waals surface area (Å²) < 4.78 is 6.64. The van der Waals surface area contributed by atoms with Crippen LogP contribution in [0.3, 0.4) is 0 Å². The number of imidazole rings is 1. The van der Waals surface area contributed by atoms with Gasteiger partial charge in [0, 0.05) is 7.05 Å². The minimum atomic E-state index is -0.653. The van der Waals surface area contributed by atoms with E-state index in [1.54, 1.807) is 0 Å². The average Bonchev–Trinajstić information content (AvgIpc) is 2.66. The Hall–Kier alpha value is -2.25. The second-order valence-corrected chi connectivity index (χ2v) is 2.77. The van der Waals surface area contributed by atoms with Gasteiger partial charge < -0.3 is 4.74 Å². The number of fused-ring (bicyclic) bond motifs is 1. The topological polar surface area (TPSA) is 91.4 Å². The molecule has 0 bridgehead atoms. The average molecular weight is 209 g/mol. The van der Waals surface area contributed by atoms with Crippen LogP contribution in [0.5, 0.6) is 0 Å². The predicted octanol–water partition coefficient (Wildman–Crippen LogP) is -1.39. The fraction of sp³-hybridized carbons (Fsp3) is 0.286. The molecule has 0 aliphatic heterocycles. The number of rotatable bonds is 1. The third-order valence-corrected chi connectivity index (χ3v) is 1.88. The van der Waals surface area contributed by atoms with Crippen LogP contribution in [0.25, 0.3) is 5.65 Å². The number of ether oxygens (including phenoxy) is 1. The second-order valence-electron chi connectivity index (χ2n) is 2.77. The van der Waals surface area contributed by atoms with Gasteiger partial charge in [-0.3, -0.25) is 0 Å². The molecule has 0 atom stereocenters. The number of aryl methyl sites for hydroxylation is 1. The zero-order chi connectivity index (χ0) is 11.0. The van der Waals surface area contributed by atoms with Gasteiger partial charge in [0.1, 0.15) is 6.33 Å². The van der Waals surface area contributed by atoms with E-state index in [1.165, 1.54) is 20.5 Å². The molecule has 0 N–H and O–H groups in total. The van der Waals surface area contributed by atoms with E-state index in [9.17, 15) is 9.59 Å². The number of hydrogen-bond acceptors (Lipinski definition) is 6. The van der Waals surface area contributed by atoms with Gasteiger partial charge in [-0.1, -0.05) is 5.21 Å². The predicted molar refractivity (Wildman–Crippen MR) is 47.4 cm³/mol. The number of carbonyl (C=O) groups is 1. The van der Waals surface area contributed by atoms with Gasteiger partial charge in [0.2, 0.25) is 0 Å². The molecule has 0 aliphatic rings. The van der Waals surface area contributed by atoms with Crippen molar-refractivity contribution in [2.45, 2.75) is 0 Å². The highest BCUT2D eigenvalue weighted by molar-refractivity contribution is 5.93. The number of esters is 1. The van der Waals surface area contributed by atoms with E-state index >= 15 is 0 Å². The van der Waals surface area contributed by atoms with Crippen LogP contribution in [0.2, 0.25) is 0 Å². The lowest BCUT2D eigenvalue weighted by molar-refractivity contribution is 0.0596. The first-order valence-electron chi connectivity index (χ1n) is 4.00. The number of methoxy groups -OCH3 is 1. The van der Waals surface area contributed by atoms with Crippen LogP contribution >= 0.6 is 0 Å². The van der Waals surface area contributed by atoms with E-state index in [-0.39, 0.29) is 11.3 Å². The van der Waals surface area contributed by atoms with Crippen molar-refractivity contribution in [2.24, 2.45) is 7.05 Å². The van der Waals surface area contributed by atoms with Crippen molar-refractivity contribution in [1.29, 1.82) is 0 Å². The van der Waals surface area contributed by atoms with Gasteiger partial charge in [-0.2, -0.15) is 4.68 Å². The number of carbonyl (C=O) groups excluding carboxylic acids is 1. The quantitative estimate of drug-likeness (QED) is 0.537. The highest BCUT2D eigenvalue weighted by Gasteiger charge is 2.17. The van der Waals surface area contributed by atoms with Gasteiger partial charge in [-0.05, 0) is 0 Å². The van der Waals surface area contributed by atoms with Crippen molar-refractivity contribution in [3.8, 4) is 0 Å². The van der Waals surface area contributed by atoms with Crippen LogP contribution in [0, 0.1) is 0 Å². The van der Waals surface area contributed by atoms with Crippen LogP contribution in [-0.2, 0) is 11.8 Å². The summed E-state index contributed by atoms with van der Waals surface area (Å²) in [6.45, 7) is 0. The van der Waals surface area contributed by atoms with Gasteiger partial charge in [0.25, 0.3) is 0 Å². The minimum absolute atomic E-state index is 0.0253. The van der Waals surface area contributed by atoms with Crippen LogP contribution in [0.1, 0.15) is 10.5 Å². The summed E-state index contributed by atoms with van der Waals surface area (Å²) in [5.41, 5.74) is -0.365. The summed E-state index contributed by atoms with van der Waals surface area (Å²) in [6, 6.07) is 0. The third kappa shape index (κ3) is 1.26. The van der Waals surface area contributed by atoms with E-state index in [0.717, 1.165) is 9.08 Å². The molecule has 0 fully saturated rings. The molecule has 0 unspecified atom stereocenters. The molecule has 0 amide bonds. The molecule has 2 aromatic heterocycles. The van der Waals surface area contributed by atoms with Crippen LogP contribution in [0.4, 0.5) is 0 Å². The summed E-state index contributed by atoms with van der Waals surface area (Å²) in [5.74, 6) is -0.653. The van der Waals surface area contributed by atoms with Gasteiger partial charge in [0.15, 0.2) is 11.3 Å². The second kappa shape index (κ2) is 3.15. The van der Waals surface area contributed by atoms with E-state index in [4.69, 9.17) is 0 Å². The monoisotopic (exact) mass is 209 g/mol. The molecule has 78 valence electrons. The first kappa shape index (κ1) is 9.31. The van der Waals surface area contributed by atoms with E-state index in [2.05, 4.69) is 20.0 Å². The molecule has 0 radical (unpaired) electrons. The highest BCUT2D eigenvalue weighted by Crippen LogP contribution is 2.03. The first-order valence-corrected chi connectivity index (χ1v) is 4.00. The van der Waals surface area contributed by atoms with Crippen molar-refractivity contribution in [2.75, 3.05) is 7.11 Å². The zero-order valence-corrected chi connectivity index (χ0v) is 8.04. The SMILES string of the molecule is COC(=O)c1ncn2c(=O)n(C)nnc12. The third-order valence-electron chi connectivity index (χ3n) is 1.88. The molecule has 15 heavy (non-hydrogen) atoms. The maximum atomic E-state index is 11.5. The van der Waals surface area contributed by atoms with Gasteiger partial charge in [-0.25, -0.2) is 19.0 Å². The molecular weight excluding hydrogens is 202 g/mol. The Bertz CT molecular complexity index is 584. The van der Waals surface area contributed by atoms with Crippen LogP contribution < -0.4 is 5.69 Å². The van der Waals surface area contributed by atoms with Gasteiger partial charge in [-0.15, -0.1) is 5.10 Å². The Balaban J connectivity index is 2.78. The Morgan fingerprint density at radius 1 is 1.53 bits per heavy atom. The molecule has 2 aromatic rings. The normalized spacial score (nSPS) is 10.5. The first-order chi connectivity index (χ1) is 7.15. The summed E-state index contributed by atoms with van der Waals surface area (Å²) in [5, 5.41) is 7.23. The standard InChI is InChI=1S/C7H7N5O3/c1-11-7(14)12-3-8-4(6(13)15-2)5(12)9-10-11/h3H,1-2H3. The largest absolute Gasteiger partial charge is 0.464 e. The molecule has 8 nitrogen and oxygen atoms in total. The van der Waals surface area contributed by atoms with E-state index < -0.39 is 11.7 Å². The lowest BCUT2D eigenvalue weighted by Crippen LogP contribution is -2.27. The molecule has 0 aliphatic carbocycles. The fourth-order valence-corrected chi connectivity index (χ4v) is 1.12. The number of hydrogen-bond donors (Lipinski definition) is 0. The molecule has 0 aromatic carbocycles. The maximum absolute atomic E-state index is 11.5. The molecule has 0 saturated heterocycles. The van der Waals surface area contributed by atoms with Crippen molar-refractivity contribution < 1.29 is 9.53 Å². The van der Waals surface area contributed by atoms with Crippen LogP contribution in [0.15, 0.2) is 11.1 Å². The van der Waals surface area contributed by atoms with Gasteiger partial charge >= 0.3 is 11.7 Å². The van der Waals surface area contributed by atoms with E-state index in [1.807, 2.05) is 0 Å². The molecule has 8 heteroatoms. The van der Waals surface area contributed by atoms with E-state index in [0.29, 0.717) is 0 Å². The lowest BCUT2D eigenvalue weighted by Gasteiger charge is -1.96. The summed E-state index contributed by atoms with van der Waals surface area (Å²) in [6.07, 6.45) is 1.21.